The minimum absolute atomic E-state index is 0.583. The number of nitrogens with two attached hydrogens (primary N) is 1. The number of hydrogen-bond acceptors (Lipinski definition) is 3. The highest BCUT2D eigenvalue weighted by atomic mass is 15.3. The average molecular weight is 191 g/mol. The van der Waals surface area contributed by atoms with Crippen LogP contribution in [0.1, 0.15) is 26.7 Å². The molecule has 2 atom stereocenters. The summed E-state index contributed by atoms with van der Waals surface area (Å²) in [7, 11) is 0. The van der Waals surface area contributed by atoms with Crippen molar-refractivity contribution >= 4 is 11.6 Å². The molecule has 1 aromatic rings. The van der Waals surface area contributed by atoms with E-state index in [-0.39, 0.29) is 0 Å². The second kappa shape index (κ2) is 3.48. The summed E-state index contributed by atoms with van der Waals surface area (Å²) in [5, 5.41) is 0. The Labute approximate surface area is 84.9 Å². The molecule has 2 heterocycles. The lowest BCUT2D eigenvalue weighted by atomic mass is 10.2. The maximum Gasteiger partial charge on any atom is 0.131 e. The van der Waals surface area contributed by atoms with Crippen LogP contribution in [0.4, 0.5) is 11.6 Å². The molecule has 0 aromatic carbocycles. The van der Waals surface area contributed by atoms with E-state index in [1.54, 1.807) is 0 Å². The first-order chi connectivity index (χ1) is 6.68. The van der Waals surface area contributed by atoms with Gasteiger partial charge in [-0.05, 0) is 38.8 Å². The molecule has 0 aliphatic carbocycles. The van der Waals surface area contributed by atoms with Crippen molar-refractivity contribution in [2.75, 3.05) is 10.6 Å². The largest absolute Gasteiger partial charge is 0.384 e. The van der Waals surface area contributed by atoms with Gasteiger partial charge in [-0.3, -0.25) is 0 Å². The zero-order valence-electron chi connectivity index (χ0n) is 8.77. The monoisotopic (exact) mass is 191 g/mol. The quantitative estimate of drug-likeness (QED) is 0.738. The zero-order valence-corrected chi connectivity index (χ0v) is 8.77. The standard InChI is InChI=1S/C11H17N3/c1-8-6-7-9(2)14(8)11-5-3-4-10(12)13-11/h3-5,8-9H,6-7H2,1-2H3,(H2,12,13)/t8-,9+. The third-order valence-electron chi connectivity index (χ3n) is 2.97. The second-order valence-corrected chi connectivity index (χ2v) is 4.10. The molecule has 0 saturated carbocycles. The molecule has 76 valence electrons. The van der Waals surface area contributed by atoms with Crippen molar-refractivity contribution in [1.82, 2.24) is 4.98 Å². The van der Waals surface area contributed by atoms with Crippen LogP contribution >= 0.6 is 0 Å². The Hall–Kier alpha value is -1.25. The summed E-state index contributed by atoms with van der Waals surface area (Å²) >= 11 is 0. The first kappa shape index (κ1) is 9.31. The van der Waals surface area contributed by atoms with Gasteiger partial charge < -0.3 is 10.6 Å². The fraction of sp³-hybridized carbons (Fsp3) is 0.545. The van der Waals surface area contributed by atoms with E-state index in [1.807, 2.05) is 18.2 Å². The van der Waals surface area contributed by atoms with Gasteiger partial charge >= 0.3 is 0 Å². The minimum Gasteiger partial charge on any atom is -0.384 e. The van der Waals surface area contributed by atoms with E-state index >= 15 is 0 Å². The molecule has 2 rings (SSSR count). The van der Waals surface area contributed by atoms with Gasteiger partial charge in [-0.25, -0.2) is 4.98 Å². The molecule has 0 amide bonds. The summed E-state index contributed by atoms with van der Waals surface area (Å²) in [5.74, 6) is 1.62. The summed E-state index contributed by atoms with van der Waals surface area (Å²) in [4.78, 5) is 6.72. The molecule has 1 aliphatic heterocycles. The van der Waals surface area contributed by atoms with Gasteiger partial charge in [0.1, 0.15) is 11.6 Å². The van der Waals surface area contributed by atoms with Crippen LogP contribution in [0.5, 0.6) is 0 Å². The Balaban J connectivity index is 2.29. The lowest BCUT2D eigenvalue weighted by Gasteiger charge is -2.27. The highest BCUT2D eigenvalue weighted by molar-refractivity contribution is 5.47. The predicted octanol–water partition coefficient (Wildman–Crippen LogP) is 2.04. The Bertz CT molecular complexity index is 314. The Morgan fingerprint density at radius 2 is 1.93 bits per heavy atom. The lowest BCUT2D eigenvalue weighted by molar-refractivity contribution is 0.684. The molecule has 0 bridgehead atoms. The average Bonchev–Trinajstić information content (AvgIpc) is 2.46. The summed E-state index contributed by atoms with van der Waals surface area (Å²) in [5.41, 5.74) is 5.68. The van der Waals surface area contributed by atoms with Crippen molar-refractivity contribution < 1.29 is 0 Å². The Kier molecular flexibility index (Phi) is 2.32. The summed E-state index contributed by atoms with van der Waals surface area (Å²) in [6.45, 7) is 4.49. The van der Waals surface area contributed by atoms with E-state index in [4.69, 9.17) is 5.73 Å². The predicted molar refractivity (Wildman–Crippen MR) is 59.3 cm³/mol. The molecule has 0 spiro atoms. The van der Waals surface area contributed by atoms with Crippen molar-refractivity contribution in [2.45, 2.75) is 38.8 Å². The first-order valence-electron chi connectivity index (χ1n) is 5.19. The minimum atomic E-state index is 0.583. The van der Waals surface area contributed by atoms with Crippen LogP contribution in [-0.4, -0.2) is 17.1 Å². The van der Waals surface area contributed by atoms with Gasteiger partial charge in [0, 0.05) is 12.1 Å². The van der Waals surface area contributed by atoms with Gasteiger partial charge in [0.2, 0.25) is 0 Å². The lowest BCUT2D eigenvalue weighted by Crippen LogP contribution is -2.33. The number of aromatic nitrogens is 1. The number of rotatable bonds is 1. The Morgan fingerprint density at radius 3 is 2.50 bits per heavy atom. The smallest absolute Gasteiger partial charge is 0.131 e. The number of nitrogen functional groups attached to an aromatic ring is 1. The first-order valence-corrected chi connectivity index (χ1v) is 5.19. The molecule has 2 N–H and O–H groups in total. The molecule has 1 aliphatic rings. The third kappa shape index (κ3) is 1.54. The molecule has 14 heavy (non-hydrogen) atoms. The second-order valence-electron chi connectivity index (χ2n) is 4.10. The number of pyridine rings is 1. The van der Waals surface area contributed by atoms with E-state index in [0.717, 1.165) is 5.82 Å². The highest BCUT2D eigenvalue weighted by Crippen LogP contribution is 2.28. The molecule has 3 nitrogen and oxygen atoms in total. The van der Waals surface area contributed by atoms with Crippen molar-refractivity contribution in [3.8, 4) is 0 Å². The van der Waals surface area contributed by atoms with Crippen LogP contribution in [0.25, 0.3) is 0 Å². The van der Waals surface area contributed by atoms with Crippen LogP contribution in [0.3, 0.4) is 0 Å². The maximum absolute atomic E-state index is 5.68. The van der Waals surface area contributed by atoms with Crippen LogP contribution in [0.15, 0.2) is 18.2 Å². The SMILES string of the molecule is C[C@@H]1CC[C@H](C)N1c1cccc(N)n1. The van der Waals surface area contributed by atoms with Crippen LogP contribution in [0.2, 0.25) is 0 Å². The van der Waals surface area contributed by atoms with Gasteiger partial charge in [0.05, 0.1) is 0 Å². The highest BCUT2D eigenvalue weighted by Gasteiger charge is 2.27. The number of anilines is 2. The fourth-order valence-electron chi connectivity index (χ4n) is 2.23. The van der Waals surface area contributed by atoms with E-state index in [2.05, 4.69) is 23.7 Å². The molecule has 0 unspecified atom stereocenters. The zero-order chi connectivity index (χ0) is 10.1. The van der Waals surface area contributed by atoms with Crippen molar-refractivity contribution in [3.63, 3.8) is 0 Å². The molecular weight excluding hydrogens is 174 g/mol. The van der Waals surface area contributed by atoms with Crippen molar-refractivity contribution in [3.05, 3.63) is 18.2 Å². The molecule has 1 saturated heterocycles. The van der Waals surface area contributed by atoms with E-state index in [0.29, 0.717) is 17.9 Å². The van der Waals surface area contributed by atoms with Crippen LogP contribution in [0, 0.1) is 0 Å². The van der Waals surface area contributed by atoms with E-state index < -0.39 is 0 Å². The van der Waals surface area contributed by atoms with Gasteiger partial charge in [0.15, 0.2) is 0 Å². The summed E-state index contributed by atoms with van der Waals surface area (Å²) in [6.07, 6.45) is 2.50. The van der Waals surface area contributed by atoms with Gasteiger partial charge in [0.25, 0.3) is 0 Å². The van der Waals surface area contributed by atoms with Crippen LogP contribution in [-0.2, 0) is 0 Å². The molecule has 0 radical (unpaired) electrons. The summed E-state index contributed by atoms with van der Waals surface area (Å²) in [6, 6.07) is 7.00. The molecule has 3 heteroatoms. The van der Waals surface area contributed by atoms with Gasteiger partial charge in [-0.2, -0.15) is 0 Å². The van der Waals surface area contributed by atoms with Crippen molar-refractivity contribution in [1.29, 1.82) is 0 Å². The molecule has 1 fully saturated rings. The van der Waals surface area contributed by atoms with Gasteiger partial charge in [-0.1, -0.05) is 6.07 Å². The summed E-state index contributed by atoms with van der Waals surface area (Å²) < 4.78 is 0. The van der Waals surface area contributed by atoms with E-state index in [1.165, 1.54) is 12.8 Å². The topological polar surface area (TPSA) is 42.1 Å². The molecule has 1 aromatic heterocycles. The fourth-order valence-corrected chi connectivity index (χ4v) is 2.23. The number of nitrogens with zero attached hydrogens (tertiary/aromatic N) is 2. The normalized spacial score (nSPS) is 26.9. The van der Waals surface area contributed by atoms with E-state index in [9.17, 15) is 0 Å². The third-order valence-corrected chi connectivity index (χ3v) is 2.97. The maximum atomic E-state index is 5.68. The van der Waals surface area contributed by atoms with Gasteiger partial charge in [-0.15, -0.1) is 0 Å². The Morgan fingerprint density at radius 1 is 1.29 bits per heavy atom. The van der Waals surface area contributed by atoms with Crippen molar-refractivity contribution in [2.24, 2.45) is 0 Å². The van der Waals surface area contributed by atoms with Crippen LogP contribution < -0.4 is 10.6 Å². The molecular formula is C11H17N3. The number of hydrogen-bond donors (Lipinski definition) is 1.